The summed E-state index contributed by atoms with van der Waals surface area (Å²) in [5.41, 5.74) is 1.79. The van der Waals surface area contributed by atoms with Gasteiger partial charge < -0.3 is 9.88 Å². The van der Waals surface area contributed by atoms with Crippen molar-refractivity contribution in [3.05, 3.63) is 74.4 Å². The second-order valence-corrected chi connectivity index (χ2v) is 7.39. The molecule has 7 heteroatoms. The molecule has 26 heavy (non-hydrogen) atoms. The summed E-state index contributed by atoms with van der Waals surface area (Å²) >= 11 is 3.46. The quantitative estimate of drug-likeness (QED) is 0.488. The van der Waals surface area contributed by atoms with Crippen molar-refractivity contribution in [1.29, 1.82) is 0 Å². The Kier molecular flexibility index (Phi) is 4.24. The SMILES string of the molecule is O=C(c1cc2cccc([N+](=O)[O-])c2[nH]1)N(Cc1cccc(Br)c1)C1CC1. The number of halogens is 1. The highest BCUT2D eigenvalue weighted by Crippen LogP contribution is 2.32. The van der Waals surface area contributed by atoms with E-state index in [0.29, 0.717) is 23.1 Å². The molecule has 0 radical (unpaired) electrons. The molecule has 2 aromatic carbocycles. The van der Waals surface area contributed by atoms with Gasteiger partial charge in [-0.05, 0) is 36.6 Å². The highest BCUT2D eigenvalue weighted by atomic mass is 79.9. The van der Waals surface area contributed by atoms with E-state index in [2.05, 4.69) is 20.9 Å². The summed E-state index contributed by atoms with van der Waals surface area (Å²) in [6.45, 7) is 0.514. The number of aromatic amines is 1. The van der Waals surface area contributed by atoms with Gasteiger partial charge in [-0.2, -0.15) is 0 Å². The second-order valence-electron chi connectivity index (χ2n) is 6.48. The van der Waals surface area contributed by atoms with Crippen LogP contribution < -0.4 is 0 Å². The van der Waals surface area contributed by atoms with Crippen LogP contribution in [0.4, 0.5) is 5.69 Å². The first-order chi connectivity index (χ1) is 12.5. The molecular weight excluding hydrogens is 398 g/mol. The average Bonchev–Trinajstić information content (AvgIpc) is 3.36. The molecule has 1 heterocycles. The summed E-state index contributed by atoms with van der Waals surface area (Å²) in [7, 11) is 0. The zero-order valence-corrected chi connectivity index (χ0v) is 15.4. The summed E-state index contributed by atoms with van der Waals surface area (Å²) in [5.74, 6) is -0.127. The molecule has 0 aliphatic heterocycles. The summed E-state index contributed by atoms with van der Waals surface area (Å²) in [4.78, 5) is 28.7. The van der Waals surface area contributed by atoms with E-state index in [-0.39, 0.29) is 17.6 Å². The maximum Gasteiger partial charge on any atom is 0.293 e. The number of hydrogen-bond acceptors (Lipinski definition) is 3. The molecular formula is C19H16BrN3O3. The molecule has 6 nitrogen and oxygen atoms in total. The fourth-order valence-corrected chi connectivity index (χ4v) is 3.59. The van der Waals surface area contributed by atoms with E-state index in [4.69, 9.17) is 0 Å². The van der Waals surface area contributed by atoms with Crippen LogP contribution in [0.2, 0.25) is 0 Å². The van der Waals surface area contributed by atoms with Crippen LogP contribution in [-0.4, -0.2) is 26.8 Å². The first-order valence-corrected chi connectivity index (χ1v) is 9.14. The van der Waals surface area contributed by atoms with Gasteiger partial charge in [-0.25, -0.2) is 0 Å². The summed E-state index contributed by atoms with van der Waals surface area (Å²) in [6.07, 6.45) is 1.97. The third-order valence-electron chi connectivity index (χ3n) is 4.55. The summed E-state index contributed by atoms with van der Waals surface area (Å²) in [6, 6.07) is 14.6. The molecule has 1 N–H and O–H groups in total. The molecule has 0 bridgehead atoms. The fourth-order valence-electron chi connectivity index (χ4n) is 3.15. The zero-order chi connectivity index (χ0) is 18.3. The number of carbonyl (C=O) groups is 1. The van der Waals surface area contributed by atoms with Crippen molar-refractivity contribution >= 4 is 38.4 Å². The van der Waals surface area contributed by atoms with Crippen molar-refractivity contribution in [2.24, 2.45) is 0 Å². The molecule has 1 amide bonds. The van der Waals surface area contributed by atoms with Crippen molar-refractivity contribution in [3.63, 3.8) is 0 Å². The monoisotopic (exact) mass is 413 g/mol. The Morgan fingerprint density at radius 2 is 2.00 bits per heavy atom. The van der Waals surface area contributed by atoms with Gasteiger partial charge in [0, 0.05) is 28.5 Å². The van der Waals surface area contributed by atoms with Crippen molar-refractivity contribution in [2.45, 2.75) is 25.4 Å². The minimum atomic E-state index is -0.437. The molecule has 1 aromatic heterocycles. The van der Waals surface area contributed by atoms with Crippen LogP contribution in [0.15, 0.2) is 53.0 Å². The smallest absolute Gasteiger partial charge is 0.293 e. The lowest BCUT2D eigenvalue weighted by atomic mass is 10.2. The van der Waals surface area contributed by atoms with Crippen molar-refractivity contribution in [3.8, 4) is 0 Å². The highest BCUT2D eigenvalue weighted by Gasteiger charge is 2.34. The van der Waals surface area contributed by atoms with Gasteiger partial charge in [0.25, 0.3) is 11.6 Å². The van der Waals surface area contributed by atoms with Crippen LogP contribution in [0.25, 0.3) is 10.9 Å². The van der Waals surface area contributed by atoms with Gasteiger partial charge in [0.05, 0.1) is 4.92 Å². The first-order valence-electron chi connectivity index (χ1n) is 8.34. The molecule has 0 saturated heterocycles. The van der Waals surface area contributed by atoms with Crippen molar-refractivity contribution in [2.75, 3.05) is 0 Å². The lowest BCUT2D eigenvalue weighted by Crippen LogP contribution is -2.32. The summed E-state index contributed by atoms with van der Waals surface area (Å²) in [5, 5.41) is 11.9. The molecule has 3 aromatic rings. The highest BCUT2D eigenvalue weighted by molar-refractivity contribution is 9.10. The summed E-state index contributed by atoms with van der Waals surface area (Å²) < 4.78 is 0.972. The van der Waals surface area contributed by atoms with Crippen molar-refractivity contribution in [1.82, 2.24) is 9.88 Å². The Labute approximate surface area is 158 Å². The molecule has 0 atom stereocenters. The molecule has 4 rings (SSSR count). The Hall–Kier alpha value is -2.67. The van der Waals surface area contributed by atoms with Gasteiger partial charge in [0.1, 0.15) is 11.2 Å². The zero-order valence-electron chi connectivity index (χ0n) is 13.8. The molecule has 0 spiro atoms. The third-order valence-corrected chi connectivity index (χ3v) is 5.05. The molecule has 132 valence electrons. The van der Waals surface area contributed by atoms with E-state index < -0.39 is 4.92 Å². The number of amides is 1. The number of nitrogens with zero attached hydrogens (tertiary/aromatic N) is 2. The van der Waals surface area contributed by atoms with Crippen LogP contribution in [0.3, 0.4) is 0 Å². The number of fused-ring (bicyclic) bond motifs is 1. The maximum atomic E-state index is 13.1. The van der Waals surface area contributed by atoms with E-state index in [0.717, 1.165) is 22.9 Å². The van der Waals surface area contributed by atoms with E-state index >= 15 is 0 Å². The number of para-hydroxylation sites is 1. The minimum Gasteiger partial charge on any atom is -0.345 e. The van der Waals surface area contributed by atoms with Crippen LogP contribution >= 0.6 is 15.9 Å². The number of H-pyrrole nitrogens is 1. The molecule has 1 aliphatic rings. The van der Waals surface area contributed by atoms with Gasteiger partial charge in [-0.3, -0.25) is 14.9 Å². The van der Waals surface area contributed by atoms with E-state index in [1.807, 2.05) is 29.2 Å². The van der Waals surface area contributed by atoms with Crippen LogP contribution in [0.5, 0.6) is 0 Å². The number of rotatable bonds is 5. The maximum absolute atomic E-state index is 13.1. The Balaban J connectivity index is 1.67. The molecule has 1 fully saturated rings. The van der Waals surface area contributed by atoms with Gasteiger partial charge >= 0.3 is 0 Å². The number of non-ortho nitro benzene ring substituents is 1. The van der Waals surface area contributed by atoms with Gasteiger partial charge in [0.2, 0.25) is 0 Å². The van der Waals surface area contributed by atoms with Crippen molar-refractivity contribution < 1.29 is 9.72 Å². The third kappa shape index (κ3) is 3.22. The van der Waals surface area contributed by atoms with Crippen LogP contribution in [0.1, 0.15) is 28.9 Å². The fraction of sp³-hybridized carbons (Fsp3) is 0.211. The first kappa shape index (κ1) is 16.8. The standard InChI is InChI=1S/C19H16BrN3O3/c20-14-5-1-3-12(9-14)11-22(15-7-8-15)19(24)16-10-13-4-2-6-17(23(25)26)18(13)21-16/h1-6,9-10,15,21H,7-8,11H2. The lowest BCUT2D eigenvalue weighted by Gasteiger charge is -2.22. The number of aromatic nitrogens is 1. The predicted octanol–water partition coefficient (Wildman–Crippen LogP) is 4.64. The molecule has 1 saturated carbocycles. The second kappa shape index (κ2) is 6.57. The largest absolute Gasteiger partial charge is 0.345 e. The normalized spacial score (nSPS) is 13.7. The number of hydrogen-bond donors (Lipinski definition) is 1. The number of nitrogens with one attached hydrogen (secondary N) is 1. The lowest BCUT2D eigenvalue weighted by molar-refractivity contribution is -0.383. The minimum absolute atomic E-state index is 0.0217. The number of benzene rings is 2. The number of carbonyl (C=O) groups excluding carboxylic acids is 1. The van der Waals surface area contributed by atoms with Gasteiger partial charge in [-0.15, -0.1) is 0 Å². The number of nitro groups is 1. The Morgan fingerprint density at radius 3 is 2.69 bits per heavy atom. The van der Waals surface area contributed by atoms with E-state index in [1.165, 1.54) is 6.07 Å². The predicted molar refractivity (Wildman–Crippen MR) is 102 cm³/mol. The Bertz CT molecular complexity index is 1010. The topological polar surface area (TPSA) is 79.2 Å². The molecule has 0 unspecified atom stereocenters. The van der Waals surface area contributed by atoms with Gasteiger partial charge in [0.15, 0.2) is 0 Å². The molecule has 1 aliphatic carbocycles. The number of nitro benzene ring substituents is 1. The average molecular weight is 414 g/mol. The van der Waals surface area contributed by atoms with Crippen LogP contribution in [-0.2, 0) is 6.54 Å². The van der Waals surface area contributed by atoms with Crippen LogP contribution in [0, 0.1) is 10.1 Å². The van der Waals surface area contributed by atoms with E-state index in [9.17, 15) is 14.9 Å². The van der Waals surface area contributed by atoms with E-state index in [1.54, 1.807) is 18.2 Å². The van der Waals surface area contributed by atoms with Gasteiger partial charge in [-0.1, -0.05) is 40.2 Å². The Morgan fingerprint density at radius 1 is 1.23 bits per heavy atom.